The lowest BCUT2D eigenvalue weighted by atomic mass is 9.91. The molecule has 3 nitrogen and oxygen atoms in total. The maximum atomic E-state index is 13.9. The van der Waals surface area contributed by atoms with Gasteiger partial charge in [0.2, 0.25) is 0 Å². The molecule has 0 heterocycles. The first-order chi connectivity index (χ1) is 13.0. The molecule has 3 rings (SSSR count). The third kappa shape index (κ3) is 5.08. The molecule has 6 heteroatoms. The van der Waals surface area contributed by atoms with E-state index in [-0.39, 0.29) is 6.04 Å². The van der Waals surface area contributed by atoms with E-state index >= 15 is 0 Å². The van der Waals surface area contributed by atoms with Crippen molar-refractivity contribution in [1.29, 1.82) is 0 Å². The van der Waals surface area contributed by atoms with Crippen LogP contribution in [0.3, 0.4) is 0 Å². The SMILES string of the molecule is CCN(C)C1CCC(N[S+]([O-])c2ccc(-c3ccc(F)cc3F)cc2)CC1. The maximum Gasteiger partial charge on any atom is 0.173 e. The Kier molecular flexibility index (Phi) is 6.87. The lowest BCUT2D eigenvalue weighted by molar-refractivity contribution is 0.187. The van der Waals surface area contributed by atoms with Gasteiger partial charge in [-0.05, 0) is 81.2 Å². The second-order valence-corrected chi connectivity index (χ2v) is 8.36. The van der Waals surface area contributed by atoms with Crippen molar-refractivity contribution in [3.8, 4) is 11.1 Å². The van der Waals surface area contributed by atoms with Crippen molar-refractivity contribution in [2.75, 3.05) is 13.6 Å². The van der Waals surface area contributed by atoms with Crippen molar-refractivity contribution >= 4 is 11.4 Å². The van der Waals surface area contributed by atoms with Gasteiger partial charge in [-0.1, -0.05) is 6.92 Å². The summed E-state index contributed by atoms with van der Waals surface area (Å²) in [7, 11) is 2.15. The molecule has 0 saturated heterocycles. The molecule has 0 radical (unpaired) electrons. The van der Waals surface area contributed by atoms with Gasteiger partial charge in [0.1, 0.15) is 11.6 Å². The predicted molar refractivity (Wildman–Crippen MR) is 106 cm³/mol. The van der Waals surface area contributed by atoms with Gasteiger partial charge in [0.05, 0.1) is 17.4 Å². The largest absolute Gasteiger partial charge is 0.593 e. The van der Waals surface area contributed by atoms with Gasteiger partial charge in [0, 0.05) is 17.7 Å². The molecular formula is C21H26F2N2OS. The zero-order chi connectivity index (χ0) is 19.4. The first-order valence-corrected chi connectivity index (χ1v) is 10.6. The van der Waals surface area contributed by atoms with Crippen molar-refractivity contribution in [2.24, 2.45) is 0 Å². The highest BCUT2D eigenvalue weighted by atomic mass is 32.2. The summed E-state index contributed by atoms with van der Waals surface area (Å²) in [6, 6.07) is 11.3. The van der Waals surface area contributed by atoms with E-state index in [1.165, 1.54) is 12.1 Å². The fraction of sp³-hybridized carbons (Fsp3) is 0.429. The van der Waals surface area contributed by atoms with Gasteiger partial charge in [-0.2, -0.15) is 0 Å². The van der Waals surface area contributed by atoms with E-state index in [1.807, 2.05) is 0 Å². The van der Waals surface area contributed by atoms with Crippen LogP contribution >= 0.6 is 0 Å². The van der Waals surface area contributed by atoms with Gasteiger partial charge in [0.15, 0.2) is 4.90 Å². The Labute approximate surface area is 163 Å². The van der Waals surface area contributed by atoms with Crippen molar-refractivity contribution in [3.05, 3.63) is 54.1 Å². The van der Waals surface area contributed by atoms with Gasteiger partial charge < -0.3 is 9.45 Å². The zero-order valence-corrected chi connectivity index (χ0v) is 16.6. The van der Waals surface area contributed by atoms with Crippen LogP contribution < -0.4 is 4.72 Å². The molecule has 0 amide bonds. The van der Waals surface area contributed by atoms with Gasteiger partial charge in [-0.15, -0.1) is 4.72 Å². The van der Waals surface area contributed by atoms with Crippen LogP contribution in [0.4, 0.5) is 8.78 Å². The Hall–Kier alpha value is -1.47. The van der Waals surface area contributed by atoms with E-state index < -0.39 is 23.0 Å². The summed E-state index contributed by atoms with van der Waals surface area (Å²) in [5.41, 5.74) is 0.969. The molecule has 0 aromatic heterocycles. The average molecular weight is 393 g/mol. The molecule has 1 N–H and O–H groups in total. The molecule has 1 saturated carbocycles. The van der Waals surface area contributed by atoms with E-state index in [0.717, 1.165) is 38.3 Å². The quantitative estimate of drug-likeness (QED) is 0.735. The Balaban J connectivity index is 1.59. The standard InChI is InChI=1S/C21H26F2N2OS/c1-3-25(2)18-9-7-17(8-10-18)24-27(26)19-11-4-15(5-12-19)20-13-6-16(22)14-21(20)23/h4-6,11-14,17-18,24H,3,7-10H2,1-2H3. The number of nitrogens with zero attached hydrogens (tertiary/aromatic N) is 1. The predicted octanol–water partition coefficient (Wildman–Crippen LogP) is 4.51. The highest BCUT2D eigenvalue weighted by molar-refractivity contribution is 7.89. The van der Waals surface area contributed by atoms with E-state index in [0.29, 0.717) is 22.1 Å². The first-order valence-electron chi connectivity index (χ1n) is 9.41. The molecule has 146 valence electrons. The summed E-state index contributed by atoms with van der Waals surface area (Å²) in [4.78, 5) is 3.04. The normalized spacial score (nSPS) is 21.4. The molecule has 1 fully saturated rings. The van der Waals surface area contributed by atoms with Crippen LogP contribution in [0.5, 0.6) is 0 Å². The second-order valence-electron chi connectivity index (χ2n) is 7.11. The minimum Gasteiger partial charge on any atom is -0.593 e. The second kappa shape index (κ2) is 9.15. The van der Waals surface area contributed by atoms with E-state index in [1.54, 1.807) is 24.3 Å². The van der Waals surface area contributed by atoms with Crippen molar-refractivity contribution in [1.82, 2.24) is 9.62 Å². The fourth-order valence-electron chi connectivity index (χ4n) is 3.59. The third-order valence-electron chi connectivity index (χ3n) is 5.40. The Morgan fingerprint density at radius 3 is 2.33 bits per heavy atom. The number of nitrogens with one attached hydrogen (secondary N) is 1. The van der Waals surface area contributed by atoms with Crippen molar-refractivity contribution in [2.45, 2.75) is 49.6 Å². The van der Waals surface area contributed by atoms with Crippen LogP contribution in [0.15, 0.2) is 47.4 Å². The molecule has 1 aliphatic carbocycles. The molecular weight excluding hydrogens is 366 g/mol. The van der Waals surface area contributed by atoms with E-state index in [9.17, 15) is 13.3 Å². The minimum atomic E-state index is -1.30. The van der Waals surface area contributed by atoms with Crippen LogP contribution in [-0.4, -0.2) is 35.1 Å². The van der Waals surface area contributed by atoms with Crippen LogP contribution in [0.1, 0.15) is 32.6 Å². The van der Waals surface area contributed by atoms with Crippen molar-refractivity contribution in [3.63, 3.8) is 0 Å². The van der Waals surface area contributed by atoms with Gasteiger partial charge in [-0.3, -0.25) is 0 Å². The molecule has 1 unspecified atom stereocenters. The molecule has 1 aliphatic rings. The highest BCUT2D eigenvalue weighted by Gasteiger charge is 2.26. The van der Waals surface area contributed by atoms with E-state index in [2.05, 4.69) is 23.6 Å². The minimum absolute atomic E-state index is 0.251. The van der Waals surface area contributed by atoms with Crippen LogP contribution in [0.2, 0.25) is 0 Å². The monoisotopic (exact) mass is 392 g/mol. The third-order valence-corrected chi connectivity index (χ3v) is 6.65. The molecule has 2 aromatic carbocycles. The van der Waals surface area contributed by atoms with E-state index in [4.69, 9.17) is 0 Å². The topological polar surface area (TPSA) is 38.3 Å². The number of benzene rings is 2. The Bertz CT molecular complexity index is 748. The molecule has 0 aliphatic heterocycles. The molecule has 1 atom stereocenters. The summed E-state index contributed by atoms with van der Waals surface area (Å²) >= 11 is -1.30. The first kappa shape index (κ1) is 20.3. The smallest absolute Gasteiger partial charge is 0.173 e. The highest BCUT2D eigenvalue weighted by Crippen LogP contribution is 2.26. The van der Waals surface area contributed by atoms with Crippen LogP contribution in [0.25, 0.3) is 11.1 Å². The summed E-state index contributed by atoms with van der Waals surface area (Å²) in [6.45, 7) is 3.22. The summed E-state index contributed by atoms with van der Waals surface area (Å²) in [6.07, 6.45) is 4.25. The van der Waals surface area contributed by atoms with Gasteiger partial charge in [-0.25, -0.2) is 8.78 Å². The summed E-state index contributed by atoms with van der Waals surface area (Å²) in [5.74, 6) is -1.20. The fourth-order valence-corrected chi connectivity index (χ4v) is 4.65. The number of hydrogen-bond acceptors (Lipinski definition) is 3. The lowest BCUT2D eigenvalue weighted by Gasteiger charge is -2.34. The van der Waals surface area contributed by atoms with Crippen molar-refractivity contribution < 1.29 is 13.3 Å². The number of hydrogen-bond donors (Lipinski definition) is 1. The number of halogens is 2. The Morgan fingerprint density at radius 1 is 1.07 bits per heavy atom. The summed E-state index contributed by atoms with van der Waals surface area (Å²) in [5, 5.41) is 0. The van der Waals surface area contributed by atoms with Crippen LogP contribution in [0, 0.1) is 11.6 Å². The summed E-state index contributed by atoms with van der Waals surface area (Å²) < 4.78 is 42.8. The maximum absolute atomic E-state index is 13.9. The molecule has 0 bridgehead atoms. The average Bonchev–Trinajstić information content (AvgIpc) is 2.68. The molecule has 0 spiro atoms. The van der Waals surface area contributed by atoms with Gasteiger partial charge in [0.25, 0.3) is 0 Å². The van der Waals surface area contributed by atoms with Crippen LogP contribution in [-0.2, 0) is 11.4 Å². The van der Waals surface area contributed by atoms with Gasteiger partial charge >= 0.3 is 0 Å². The lowest BCUT2D eigenvalue weighted by Crippen LogP contribution is -2.42. The zero-order valence-electron chi connectivity index (χ0n) is 15.8. The number of rotatable bonds is 6. The Morgan fingerprint density at radius 2 is 1.74 bits per heavy atom. The molecule has 2 aromatic rings. The molecule has 27 heavy (non-hydrogen) atoms.